The Morgan fingerprint density at radius 3 is 2.58 bits per heavy atom. The van der Waals surface area contributed by atoms with Gasteiger partial charge in [0.05, 0.1) is 6.07 Å². The van der Waals surface area contributed by atoms with Gasteiger partial charge in [0.1, 0.15) is 5.92 Å². The quantitative estimate of drug-likeness (QED) is 0.919. The highest BCUT2D eigenvalue weighted by atomic mass is 35.5. The predicted molar refractivity (Wildman–Crippen MR) is 74.7 cm³/mol. The van der Waals surface area contributed by atoms with E-state index in [0.29, 0.717) is 11.4 Å². The molecule has 2 rings (SSSR count). The molecule has 0 heterocycles. The van der Waals surface area contributed by atoms with E-state index < -0.39 is 5.92 Å². The van der Waals surface area contributed by atoms with Gasteiger partial charge in [0.2, 0.25) is 5.91 Å². The summed E-state index contributed by atoms with van der Waals surface area (Å²) in [4.78, 5) is 12.0. The zero-order valence-electron chi connectivity index (χ0n) is 10.7. The van der Waals surface area contributed by atoms with E-state index in [1.54, 1.807) is 12.1 Å². The molecule has 1 saturated carbocycles. The fraction of sp³-hybridized carbons (Fsp3) is 0.467. The molecule has 3 nitrogen and oxygen atoms in total. The molecule has 1 N–H and O–H groups in total. The van der Waals surface area contributed by atoms with Gasteiger partial charge in [-0.3, -0.25) is 4.79 Å². The Morgan fingerprint density at radius 1 is 1.37 bits per heavy atom. The molecule has 0 spiro atoms. The predicted octanol–water partition coefficient (Wildman–Crippen LogP) is 3.08. The van der Waals surface area contributed by atoms with E-state index >= 15 is 0 Å². The summed E-state index contributed by atoms with van der Waals surface area (Å²) >= 11 is 5.81. The van der Waals surface area contributed by atoms with Gasteiger partial charge >= 0.3 is 0 Å². The lowest BCUT2D eigenvalue weighted by atomic mass is 9.99. The van der Waals surface area contributed by atoms with Crippen molar-refractivity contribution in [2.24, 2.45) is 5.92 Å². The molecule has 1 aliphatic rings. The van der Waals surface area contributed by atoms with E-state index in [2.05, 4.69) is 11.4 Å². The number of halogens is 1. The van der Waals surface area contributed by atoms with Crippen LogP contribution in [0.4, 0.5) is 0 Å². The highest BCUT2D eigenvalue weighted by Crippen LogP contribution is 2.19. The minimum absolute atomic E-state index is 0.149. The van der Waals surface area contributed by atoms with E-state index in [-0.39, 0.29) is 11.9 Å². The smallest absolute Gasteiger partial charge is 0.237 e. The molecule has 0 bridgehead atoms. The molecule has 0 aliphatic heterocycles. The van der Waals surface area contributed by atoms with Crippen molar-refractivity contribution in [3.05, 3.63) is 34.9 Å². The highest BCUT2D eigenvalue weighted by Gasteiger charge is 2.23. The van der Waals surface area contributed by atoms with Crippen LogP contribution < -0.4 is 5.32 Å². The second-order valence-corrected chi connectivity index (χ2v) is 5.44. The van der Waals surface area contributed by atoms with Crippen LogP contribution in [-0.2, 0) is 11.2 Å². The Labute approximate surface area is 118 Å². The van der Waals surface area contributed by atoms with Gasteiger partial charge in [-0.1, -0.05) is 36.6 Å². The minimum atomic E-state index is -0.623. The van der Waals surface area contributed by atoms with Crippen LogP contribution in [0.15, 0.2) is 24.3 Å². The molecule has 0 saturated heterocycles. The normalized spacial score (nSPS) is 16.8. The van der Waals surface area contributed by atoms with Crippen molar-refractivity contribution in [3.63, 3.8) is 0 Å². The zero-order valence-corrected chi connectivity index (χ0v) is 11.5. The van der Waals surface area contributed by atoms with Crippen molar-refractivity contribution in [1.82, 2.24) is 5.32 Å². The first kappa shape index (κ1) is 13.9. The molecule has 1 fully saturated rings. The molecule has 0 aromatic heterocycles. The second kappa shape index (κ2) is 6.58. The van der Waals surface area contributed by atoms with Gasteiger partial charge in [-0.05, 0) is 37.0 Å². The molecule has 1 unspecified atom stereocenters. The Kier molecular flexibility index (Phi) is 4.81. The number of benzene rings is 1. The second-order valence-electron chi connectivity index (χ2n) is 5.00. The van der Waals surface area contributed by atoms with Crippen LogP contribution in [-0.4, -0.2) is 11.9 Å². The summed E-state index contributed by atoms with van der Waals surface area (Å²) in [7, 11) is 0. The van der Waals surface area contributed by atoms with Gasteiger partial charge in [-0.25, -0.2) is 0 Å². The maximum Gasteiger partial charge on any atom is 0.237 e. The lowest BCUT2D eigenvalue weighted by Gasteiger charge is -2.15. The third-order valence-electron chi connectivity index (χ3n) is 3.53. The van der Waals surface area contributed by atoms with Gasteiger partial charge in [0.25, 0.3) is 0 Å². The standard InChI is InChI=1S/C15H17ClN2O/c16-13-7-5-11(6-8-13)9-12(10-17)15(19)18-14-3-1-2-4-14/h5-8,12,14H,1-4,9H2,(H,18,19). The summed E-state index contributed by atoms with van der Waals surface area (Å²) < 4.78 is 0. The maximum atomic E-state index is 12.0. The molecule has 0 radical (unpaired) electrons. The average molecular weight is 277 g/mol. The van der Waals surface area contributed by atoms with Crippen LogP contribution >= 0.6 is 11.6 Å². The van der Waals surface area contributed by atoms with Crippen molar-refractivity contribution >= 4 is 17.5 Å². The number of carbonyl (C=O) groups excluding carboxylic acids is 1. The third-order valence-corrected chi connectivity index (χ3v) is 3.78. The third kappa shape index (κ3) is 3.97. The van der Waals surface area contributed by atoms with Gasteiger partial charge in [0, 0.05) is 11.1 Å². The molecule has 19 heavy (non-hydrogen) atoms. The summed E-state index contributed by atoms with van der Waals surface area (Å²) in [6.07, 6.45) is 4.83. The van der Waals surface area contributed by atoms with Gasteiger partial charge in [0.15, 0.2) is 0 Å². The Bertz CT molecular complexity index is 472. The van der Waals surface area contributed by atoms with Gasteiger partial charge in [-0.15, -0.1) is 0 Å². The highest BCUT2D eigenvalue weighted by molar-refractivity contribution is 6.30. The van der Waals surface area contributed by atoms with Crippen molar-refractivity contribution in [2.45, 2.75) is 38.1 Å². The summed E-state index contributed by atoms with van der Waals surface area (Å²) in [5.74, 6) is -0.772. The zero-order chi connectivity index (χ0) is 13.7. The van der Waals surface area contributed by atoms with Crippen LogP contribution in [0.25, 0.3) is 0 Å². The summed E-state index contributed by atoms with van der Waals surface area (Å²) in [5, 5.41) is 12.8. The van der Waals surface area contributed by atoms with E-state index in [1.165, 1.54) is 12.8 Å². The van der Waals surface area contributed by atoms with Crippen LogP contribution in [0.2, 0.25) is 5.02 Å². The van der Waals surface area contributed by atoms with Crippen molar-refractivity contribution in [1.29, 1.82) is 5.26 Å². The number of nitrogens with one attached hydrogen (secondary N) is 1. The monoisotopic (exact) mass is 276 g/mol. The maximum absolute atomic E-state index is 12.0. The molecular formula is C15H17ClN2O. The van der Waals surface area contributed by atoms with Crippen LogP contribution in [0.1, 0.15) is 31.2 Å². The molecule has 1 aromatic carbocycles. The molecule has 1 amide bonds. The summed E-state index contributed by atoms with van der Waals surface area (Å²) in [6, 6.07) is 9.62. The minimum Gasteiger partial charge on any atom is -0.352 e. The first-order valence-electron chi connectivity index (χ1n) is 6.63. The molecule has 1 atom stereocenters. The number of hydrogen-bond acceptors (Lipinski definition) is 2. The first-order valence-corrected chi connectivity index (χ1v) is 7.01. The topological polar surface area (TPSA) is 52.9 Å². The number of amides is 1. The molecule has 4 heteroatoms. The molecule has 100 valence electrons. The molecule has 1 aromatic rings. The fourth-order valence-corrected chi connectivity index (χ4v) is 2.55. The fourth-order valence-electron chi connectivity index (χ4n) is 2.43. The Hall–Kier alpha value is -1.53. The largest absolute Gasteiger partial charge is 0.352 e. The van der Waals surface area contributed by atoms with Gasteiger partial charge in [-0.2, -0.15) is 5.26 Å². The van der Waals surface area contributed by atoms with E-state index in [0.717, 1.165) is 18.4 Å². The van der Waals surface area contributed by atoms with Crippen molar-refractivity contribution in [2.75, 3.05) is 0 Å². The van der Waals surface area contributed by atoms with Crippen LogP contribution in [0, 0.1) is 17.2 Å². The number of hydrogen-bond donors (Lipinski definition) is 1. The van der Waals surface area contributed by atoms with E-state index in [4.69, 9.17) is 16.9 Å². The van der Waals surface area contributed by atoms with Crippen molar-refractivity contribution < 1.29 is 4.79 Å². The SMILES string of the molecule is N#CC(Cc1ccc(Cl)cc1)C(=O)NC1CCCC1. The lowest BCUT2D eigenvalue weighted by Crippen LogP contribution is -2.37. The number of nitriles is 1. The first-order chi connectivity index (χ1) is 9.19. The van der Waals surface area contributed by atoms with Gasteiger partial charge < -0.3 is 5.32 Å². The lowest BCUT2D eigenvalue weighted by molar-refractivity contribution is -0.124. The summed E-state index contributed by atoms with van der Waals surface area (Å²) in [5.41, 5.74) is 0.956. The Balaban J connectivity index is 1.93. The average Bonchev–Trinajstić information content (AvgIpc) is 2.90. The van der Waals surface area contributed by atoms with E-state index in [1.807, 2.05) is 12.1 Å². The van der Waals surface area contributed by atoms with E-state index in [9.17, 15) is 4.79 Å². The summed E-state index contributed by atoms with van der Waals surface area (Å²) in [6.45, 7) is 0. The molecule has 1 aliphatic carbocycles. The Morgan fingerprint density at radius 2 is 2.00 bits per heavy atom. The van der Waals surface area contributed by atoms with Crippen LogP contribution in [0.3, 0.4) is 0 Å². The number of rotatable bonds is 4. The van der Waals surface area contributed by atoms with Crippen molar-refractivity contribution in [3.8, 4) is 6.07 Å². The number of carbonyl (C=O) groups is 1. The number of nitrogens with zero attached hydrogens (tertiary/aromatic N) is 1. The van der Waals surface area contributed by atoms with Crippen LogP contribution in [0.5, 0.6) is 0 Å². The molecular weight excluding hydrogens is 260 g/mol.